The zero-order chi connectivity index (χ0) is 11.8. The minimum Gasteiger partial charge on any atom is -0.462 e. The van der Waals surface area contributed by atoms with Crippen molar-refractivity contribution in [1.29, 1.82) is 0 Å². The molecule has 0 saturated carbocycles. The first-order valence-electron chi connectivity index (χ1n) is 4.99. The molecule has 0 bridgehead atoms. The van der Waals surface area contributed by atoms with Gasteiger partial charge in [-0.15, -0.1) is 0 Å². The summed E-state index contributed by atoms with van der Waals surface area (Å²) in [4.78, 5) is 0. The van der Waals surface area contributed by atoms with Gasteiger partial charge in [-0.2, -0.15) is 0 Å². The minimum atomic E-state index is -0.964. The SMILES string of the molecule is OCC(O)COC(CO)Oc1ccccc1. The summed E-state index contributed by atoms with van der Waals surface area (Å²) in [5, 5.41) is 26.6. The molecule has 0 aliphatic heterocycles. The van der Waals surface area contributed by atoms with Gasteiger partial charge < -0.3 is 24.8 Å². The lowest BCUT2D eigenvalue weighted by atomic mass is 10.3. The fourth-order valence-corrected chi connectivity index (χ4v) is 1.05. The number of hydrogen-bond donors (Lipinski definition) is 3. The smallest absolute Gasteiger partial charge is 0.223 e. The summed E-state index contributed by atoms with van der Waals surface area (Å²) in [5.74, 6) is 0.569. The van der Waals surface area contributed by atoms with Crippen LogP contribution in [0.4, 0.5) is 0 Å². The summed E-state index contributed by atoms with van der Waals surface area (Å²) in [6.45, 7) is -0.801. The summed E-state index contributed by atoms with van der Waals surface area (Å²) < 4.78 is 10.4. The van der Waals surface area contributed by atoms with Crippen molar-refractivity contribution in [3.8, 4) is 5.75 Å². The van der Waals surface area contributed by atoms with E-state index in [0.717, 1.165) is 0 Å². The molecule has 16 heavy (non-hydrogen) atoms. The van der Waals surface area contributed by atoms with Crippen LogP contribution >= 0.6 is 0 Å². The Morgan fingerprint density at radius 1 is 1.06 bits per heavy atom. The number of hydrogen-bond acceptors (Lipinski definition) is 5. The topological polar surface area (TPSA) is 79.2 Å². The Morgan fingerprint density at radius 2 is 1.75 bits per heavy atom. The Bertz CT molecular complexity index is 277. The van der Waals surface area contributed by atoms with Crippen molar-refractivity contribution in [3.63, 3.8) is 0 Å². The van der Waals surface area contributed by atoms with Gasteiger partial charge in [0.15, 0.2) is 0 Å². The molecule has 2 unspecified atom stereocenters. The summed E-state index contributed by atoms with van der Waals surface area (Å²) >= 11 is 0. The lowest BCUT2D eigenvalue weighted by Gasteiger charge is -2.18. The average molecular weight is 228 g/mol. The zero-order valence-electron chi connectivity index (χ0n) is 8.82. The molecule has 3 N–H and O–H groups in total. The van der Waals surface area contributed by atoms with Crippen molar-refractivity contribution in [1.82, 2.24) is 0 Å². The van der Waals surface area contributed by atoms with Crippen LogP contribution in [0.2, 0.25) is 0 Å². The van der Waals surface area contributed by atoms with E-state index in [1.165, 1.54) is 0 Å². The van der Waals surface area contributed by atoms with E-state index >= 15 is 0 Å². The predicted molar refractivity (Wildman–Crippen MR) is 57.0 cm³/mol. The molecule has 0 aliphatic carbocycles. The van der Waals surface area contributed by atoms with Gasteiger partial charge in [-0.25, -0.2) is 0 Å². The van der Waals surface area contributed by atoms with Gasteiger partial charge in [0.05, 0.1) is 13.2 Å². The third kappa shape index (κ3) is 4.59. The van der Waals surface area contributed by atoms with Crippen molar-refractivity contribution in [2.45, 2.75) is 12.4 Å². The molecular formula is C11H16O5. The average Bonchev–Trinajstić information content (AvgIpc) is 2.35. The third-order valence-electron chi connectivity index (χ3n) is 1.85. The summed E-state index contributed by atoms with van der Waals surface area (Å²) in [6.07, 6.45) is -1.81. The van der Waals surface area contributed by atoms with Gasteiger partial charge in [-0.05, 0) is 12.1 Å². The second-order valence-corrected chi connectivity index (χ2v) is 3.21. The van der Waals surface area contributed by atoms with Gasteiger partial charge in [0.2, 0.25) is 6.29 Å². The fourth-order valence-electron chi connectivity index (χ4n) is 1.05. The molecule has 1 rings (SSSR count). The van der Waals surface area contributed by atoms with Gasteiger partial charge in [0.1, 0.15) is 18.5 Å². The molecule has 0 saturated heterocycles. The maximum absolute atomic E-state index is 9.06. The van der Waals surface area contributed by atoms with Crippen LogP contribution in [0.25, 0.3) is 0 Å². The first kappa shape index (κ1) is 12.9. The standard InChI is InChI=1S/C11H16O5/c12-6-9(14)8-15-11(7-13)16-10-4-2-1-3-5-10/h1-5,9,11-14H,6-8H2. The molecule has 2 atom stereocenters. The molecule has 5 nitrogen and oxygen atoms in total. The monoisotopic (exact) mass is 228 g/mol. The molecule has 0 heterocycles. The highest BCUT2D eigenvalue weighted by Crippen LogP contribution is 2.11. The number of aliphatic hydroxyl groups excluding tert-OH is 3. The summed E-state index contributed by atoms with van der Waals surface area (Å²) in [5.41, 5.74) is 0. The fraction of sp³-hybridized carbons (Fsp3) is 0.455. The summed E-state index contributed by atoms with van der Waals surface area (Å²) in [7, 11) is 0. The third-order valence-corrected chi connectivity index (χ3v) is 1.85. The van der Waals surface area contributed by atoms with E-state index in [2.05, 4.69) is 0 Å². The number of benzene rings is 1. The highest BCUT2D eigenvalue weighted by atomic mass is 16.7. The van der Waals surface area contributed by atoms with E-state index in [-0.39, 0.29) is 19.8 Å². The molecule has 0 radical (unpaired) electrons. The normalized spacial score (nSPS) is 14.4. The van der Waals surface area contributed by atoms with Crippen molar-refractivity contribution in [2.75, 3.05) is 19.8 Å². The van der Waals surface area contributed by atoms with E-state index < -0.39 is 12.4 Å². The Labute approximate surface area is 93.9 Å². The maximum Gasteiger partial charge on any atom is 0.223 e. The van der Waals surface area contributed by atoms with Crippen LogP contribution in [0.3, 0.4) is 0 Å². The van der Waals surface area contributed by atoms with Crippen LogP contribution in [0.15, 0.2) is 30.3 Å². The first-order chi connectivity index (χ1) is 7.76. The van der Waals surface area contributed by atoms with Crippen molar-refractivity contribution < 1.29 is 24.8 Å². The van der Waals surface area contributed by atoms with Crippen LogP contribution in [0, 0.1) is 0 Å². The van der Waals surface area contributed by atoms with E-state index in [1.54, 1.807) is 24.3 Å². The van der Waals surface area contributed by atoms with Crippen LogP contribution in [0.1, 0.15) is 0 Å². The van der Waals surface area contributed by atoms with Crippen LogP contribution in [0.5, 0.6) is 5.75 Å². The molecule has 5 heteroatoms. The van der Waals surface area contributed by atoms with Gasteiger partial charge in [0, 0.05) is 0 Å². The quantitative estimate of drug-likeness (QED) is 0.561. The first-order valence-corrected chi connectivity index (χ1v) is 4.99. The molecule has 0 spiro atoms. The van der Waals surface area contributed by atoms with Gasteiger partial charge in [-0.1, -0.05) is 18.2 Å². The highest BCUT2D eigenvalue weighted by Gasteiger charge is 2.12. The van der Waals surface area contributed by atoms with Crippen molar-refractivity contribution in [3.05, 3.63) is 30.3 Å². The lowest BCUT2D eigenvalue weighted by molar-refractivity contribution is -0.131. The molecule has 0 amide bonds. The van der Waals surface area contributed by atoms with E-state index in [9.17, 15) is 0 Å². The van der Waals surface area contributed by atoms with Crippen LogP contribution in [-0.2, 0) is 4.74 Å². The predicted octanol–water partition coefficient (Wildman–Crippen LogP) is -0.246. The second kappa shape index (κ2) is 7.19. The van der Waals surface area contributed by atoms with Crippen molar-refractivity contribution >= 4 is 0 Å². The molecule has 1 aromatic rings. The molecule has 1 aromatic carbocycles. The number of para-hydroxylation sites is 1. The molecule has 0 aromatic heterocycles. The Balaban J connectivity index is 2.37. The summed E-state index contributed by atoms with van der Waals surface area (Å²) in [6, 6.07) is 8.90. The van der Waals surface area contributed by atoms with Crippen LogP contribution < -0.4 is 4.74 Å². The van der Waals surface area contributed by atoms with E-state index in [1.807, 2.05) is 6.07 Å². The second-order valence-electron chi connectivity index (χ2n) is 3.21. The molecule has 90 valence electrons. The van der Waals surface area contributed by atoms with Crippen molar-refractivity contribution in [2.24, 2.45) is 0 Å². The van der Waals surface area contributed by atoms with E-state index in [0.29, 0.717) is 5.75 Å². The largest absolute Gasteiger partial charge is 0.462 e. The Hall–Kier alpha value is -1.14. The van der Waals surface area contributed by atoms with E-state index in [4.69, 9.17) is 24.8 Å². The Kier molecular flexibility index (Phi) is 5.81. The maximum atomic E-state index is 9.06. The molecular weight excluding hydrogens is 212 g/mol. The number of ether oxygens (including phenoxy) is 2. The Morgan fingerprint density at radius 3 is 2.31 bits per heavy atom. The van der Waals surface area contributed by atoms with Gasteiger partial charge in [-0.3, -0.25) is 0 Å². The minimum absolute atomic E-state index is 0.0887. The zero-order valence-corrected chi connectivity index (χ0v) is 8.82. The number of rotatable bonds is 7. The lowest BCUT2D eigenvalue weighted by Crippen LogP contribution is -2.30. The highest BCUT2D eigenvalue weighted by molar-refractivity contribution is 5.20. The molecule has 0 fully saturated rings. The molecule has 0 aliphatic rings. The number of aliphatic hydroxyl groups is 3. The van der Waals surface area contributed by atoms with Gasteiger partial charge in [0.25, 0.3) is 0 Å². The van der Waals surface area contributed by atoms with Gasteiger partial charge >= 0.3 is 0 Å². The van der Waals surface area contributed by atoms with Crippen LogP contribution in [-0.4, -0.2) is 47.5 Å².